The maximum Gasteiger partial charge on any atom is 0.343 e. The van der Waals surface area contributed by atoms with E-state index in [1.807, 2.05) is 24.1 Å². The van der Waals surface area contributed by atoms with Gasteiger partial charge in [0, 0.05) is 18.9 Å². The predicted octanol–water partition coefficient (Wildman–Crippen LogP) is 3.65. The Morgan fingerprint density at radius 3 is 2.65 bits per heavy atom. The van der Waals surface area contributed by atoms with E-state index >= 15 is 0 Å². The average molecular weight is 373 g/mol. The molecule has 2 amide bonds. The van der Waals surface area contributed by atoms with Gasteiger partial charge in [-0.3, -0.25) is 14.9 Å². The third kappa shape index (κ3) is 2.96. The molecule has 2 aliphatic rings. The summed E-state index contributed by atoms with van der Waals surface area (Å²) in [6.07, 6.45) is 9.55. The van der Waals surface area contributed by atoms with E-state index in [2.05, 4.69) is 15.0 Å². The maximum atomic E-state index is 13.3. The number of carbonyl (C=O) groups is 1. The van der Waals surface area contributed by atoms with E-state index in [4.69, 9.17) is 11.6 Å². The van der Waals surface area contributed by atoms with E-state index in [1.165, 1.54) is 12.8 Å². The Labute approximate surface area is 157 Å². The van der Waals surface area contributed by atoms with E-state index in [1.54, 1.807) is 28.5 Å². The molecule has 3 heterocycles. The van der Waals surface area contributed by atoms with Crippen molar-refractivity contribution < 1.29 is 4.79 Å². The van der Waals surface area contributed by atoms with Crippen molar-refractivity contribution in [3.05, 3.63) is 41.6 Å². The van der Waals surface area contributed by atoms with Gasteiger partial charge in [-0.1, -0.05) is 12.8 Å². The van der Waals surface area contributed by atoms with Crippen LogP contribution in [0.2, 0.25) is 5.28 Å². The van der Waals surface area contributed by atoms with Gasteiger partial charge in [-0.05, 0) is 49.1 Å². The van der Waals surface area contributed by atoms with Gasteiger partial charge < -0.3 is 0 Å². The van der Waals surface area contributed by atoms with Crippen LogP contribution in [-0.4, -0.2) is 38.6 Å². The lowest BCUT2D eigenvalue weighted by atomic mass is 10.2. The number of anilines is 2. The van der Waals surface area contributed by atoms with Gasteiger partial charge in [0.2, 0.25) is 5.28 Å². The fraction of sp³-hybridized carbons (Fsp3) is 0.444. The van der Waals surface area contributed by atoms with Crippen LogP contribution < -0.4 is 9.91 Å². The first-order chi connectivity index (χ1) is 12.7. The first-order valence-electron chi connectivity index (χ1n) is 8.98. The Balaban J connectivity index is 1.78. The zero-order chi connectivity index (χ0) is 18.1. The van der Waals surface area contributed by atoms with E-state index in [0.717, 1.165) is 18.4 Å². The molecule has 2 aromatic rings. The van der Waals surface area contributed by atoms with Crippen molar-refractivity contribution in [3.63, 3.8) is 0 Å². The lowest BCUT2D eigenvalue weighted by Gasteiger charge is -2.46. The largest absolute Gasteiger partial charge is 0.343 e. The first-order valence-corrected chi connectivity index (χ1v) is 9.36. The lowest BCUT2D eigenvalue weighted by molar-refractivity contribution is 0.189. The Bertz CT molecular complexity index is 796. The van der Waals surface area contributed by atoms with Crippen molar-refractivity contribution in [3.8, 4) is 0 Å². The second kappa shape index (κ2) is 7.07. The first kappa shape index (κ1) is 17.0. The normalized spacial score (nSPS) is 17.8. The number of hydrogen-bond donors (Lipinski definition) is 0. The minimum absolute atomic E-state index is 0.0605. The second-order valence-electron chi connectivity index (χ2n) is 6.57. The molecule has 1 saturated carbocycles. The Morgan fingerprint density at radius 2 is 1.96 bits per heavy atom. The van der Waals surface area contributed by atoms with Gasteiger partial charge in [0.15, 0.2) is 5.82 Å². The van der Waals surface area contributed by atoms with Gasteiger partial charge in [-0.25, -0.2) is 14.8 Å². The fourth-order valence-electron chi connectivity index (χ4n) is 3.78. The summed E-state index contributed by atoms with van der Waals surface area (Å²) in [7, 11) is 0. The molecule has 0 N–H and O–H groups in total. The molecule has 0 spiro atoms. The standard InChI is InChI=1S/C18H21ClN6O/c1-2-24-18(26)23(12-13-7-9-20-10-8-13)15-11-21-17(19)22-16(15)25(24)14-5-3-4-6-14/h7-11,14H,2-6,12H2,1H3. The topological polar surface area (TPSA) is 65.5 Å². The van der Waals surface area contributed by atoms with Gasteiger partial charge in [0.25, 0.3) is 0 Å². The van der Waals surface area contributed by atoms with Crippen LogP contribution in [0.5, 0.6) is 0 Å². The molecule has 4 rings (SSSR count). The summed E-state index contributed by atoms with van der Waals surface area (Å²) in [6, 6.07) is 4.02. The average Bonchev–Trinajstić information content (AvgIpc) is 3.18. The number of hydrazine groups is 1. The predicted molar refractivity (Wildman–Crippen MR) is 100.0 cm³/mol. The number of amides is 2. The highest BCUT2D eigenvalue weighted by Crippen LogP contribution is 2.39. The quantitative estimate of drug-likeness (QED) is 0.766. The van der Waals surface area contributed by atoms with E-state index in [9.17, 15) is 4.79 Å². The SMILES string of the molecule is CCN1C(=O)N(Cc2ccncc2)c2cnc(Cl)nc2N1C1CCCC1. The molecule has 1 aliphatic heterocycles. The zero-order valence-electron chi connectivity index (χ0n) is 14.7. The summed E-state index contributed by atoms with van der Waals surface area (Å²) in [5, 5.41) is 4.02. The molecule has 136 valence electrons. The number of carbonyl (C=O) groups excluding carboxylic acids is 1. The molecule has 0 atom stereocenters. The minimum atomic E-state index is -0.0605. The van der Waals surface area contributed by atoms with Gasteiger partial charge in [0.1, 0.15) is 5.69 Å². The molecule has 1 aliphatic carbocycles. The van der Waals surface area contributed by atoms with Crippen LogP contribution in [0.25, 0.3) is 0 Å². The summed E-state index contributed by atoms with van der Waals surface area (Å²) in [5.41, 5.74) is 1.70. The van der Waals surface area contributed by atoms with Gasteiger partial charge in [-0.15, -0.1) is 0 Å². The van der Waals surface area contributed by atoms with Crippen LogP contribution in [0.1, 0.15) is 38.2 Å². The number of fused-ring (bicyclic) bond motifs is 1. The van der Waals surface area contributed by atoms with Crippen LogP contribution in [0.3, 0.4) is 0 Å². The summed E-state index contributed by atoms with van der Waals surface area (Å²) in [6.45, 7) is 3.00. The van der Waals surface area contributed by atoms with Gasteiger partial charge in [-0.2, -0.15) is 4.98 Å². The zero-order valence-corrected chi connectivity index (χ0v) is 15.4. The highest BCUT2D eigenvalue weighted by Gasteiger charge is 2.40. The third-order valence-electron chi connectivity index (χ3n) is 5.00. The lowest BCUT2D eigenvalue weighted by Crippen LogP contribution is -2.59. The van der Waals surface area contributed by atoms with Crippen LogP contribution in [0, 0.1) is 0 Å². The molecule has 0 aromatic carbocycles. The number of pyridine rings is 1. The number of hydrogen-bond acceptors (Lipinski definition) is 5. The minimum Gasteiger partial charge on any atom is -0.283 e. The highest BCUT2D eigenvalue weighted by atomic mass is 35.5. The van der Waals surface area contributed by atoms with Crippen molar-refractivity contribution in [1.29, 1.82) is 0 Å². The number of urea groups is 1. The number of aromatic nitrogens is 3. The van der Waals surface area contributed by atoms with Crippen LogP contribution in [0.15, 0.2) is 30.7 Å². The van der Waals surface area contributed by atoms with E-state index < -0.39 is 0 Å². The molecule has 0 saturated heterocycles. The molecule has 0 radical (unpaired) electrons. The molecule has 1 fully saturated rings. The molecular formula is C18H21ClN6O. The Hall–Kier alpha value is -2.41. The van der Waals surface area contributed by atoms with Gasteiger partial charge >= 0.3 is 6.03 Å². The monoisotopic (exact) mass is 372 g/mol. The molecular weight excluding hydrogens is 352 g/mol. The molecule has 7 nitrogen and oxygen atoms in total. The summed E-state index contributed by atoms with van der Waals surface area (Å²) >= 11 is 6.10. The molecule has 2 aromatic heterocycles. The summed E-state index contributed by atoms with van der Waals surface area (Å²) in [5.74, 6) is 0.715. The molecule has 26 heavy (non-hydrogen) atoms. The third-order valence-corrected chi connectivity index (χ3v) is 5.18. The summed E-state index contributed by atoms with van der Waals surface area (Å²) in [4.78, 5) is 27.7. The number of halogens is 1. The highest BCUT2D eigenvalue weighted by molar-refractivity contribution is 6.28. The van der Waals surface area contributed by atoms with Crippen molar-refractivity contribution in [1.82, 2.24) is 20.0 Å². The van der Waals surface area contributed by atoms with Crippen molar-refractivity contribution in [2.75, 3.05) is 16.5 Å². The van der Waals surface area contributed by atoms with Gasteiger partial charge in [0.05, 0.1) is 18.8 Å². The summed E-state index contributed by atoms with van der Waals surface area (Å²) < 4.78 is 0. The fourth-order valence-corrected chi connectivity index (χ4v) is 3.91. The smallest absolute Gasteiger partial charge is 0.283 e. The number of rotatable bonds is 4. The van der Waals surface area contributed by atoms with E-state index in [0.29, 0.717) is 24.6 Å². The maximum absolute atomic E-state index is 13.3. The Morgan fingerprint density at radius 1 is 1.23 bits per heavy atom. The molecule has 0 unspecified atom stereocenters. The number of nitrogens with zero attached hydrogens (tertiary/aromatic N) is 6. The van der Waals surface area contributed by atoms with Crippen LogP contribution in [0.4, 0.5) is 16.3 Å². The van der Waals surface area contributed by atoms with Crippen molar-refractivity contribution in [2.45, 2.75) is 45.2 Å². The van der Waals surface area contributed by atoms with Crippen LogP contribution >= 0.6 is 11.6 Å². The Kier molecular flexibility index (Phi) is 4.63. The molecule has 8 heteroatoms. The second-order valence-corrected chi connectivity index (χ2v) is 6.91. The van der Waals surface area contributed by atoms with Crippen molar-refractivity contribution >= 4 is 29.1 Å². The molecule has 0 bridgehead atoms. The van der Waals surface area contributed by atoms with Crippen molar-refractivity contribution in [2.24, 2.45) is 0 Å². The van der Waals surface area contributed by atoms with E-state index in [-0.39, 0.29) is 17.4 Å². The van der Waals surface area contributed by atoms with Crippen LogP contribution in [-0.2, 0) is 6.54 Å².